The molecule has 150 valence electrons. The van der Waals surface area contributed by atoms with Crippen molar-refractivity contribution < 1.29 is 12.8 Å². The molecule has 0 N–H and O–H groups in total. The molecule has 0 aromatic heterocycles. The summed E-state index contributed by atoms with van der Waals surface area (Å²) in [7, 11) is -3.96. The number of hydrogen-bond acceptors (Lipinski definition) is 2. The van der Waals surface area contributed by atoms with Crippen LogP contribution in [0.2, 0.25) is 0 Å². The molecule has 1 aliphatic rings. The number of unbranched alkanes of at least 4 members (excludes halogenated alkanes) is 6. The lowest BCUT2D eigenvalue weighted by Crippen LogP contribution is -2.29. The number of benzene rings is 1. The third-order valence-corrected chi connectivity index (χ3v) is 6.73. The van der Waals surface area contributed by atoms with Crippen LogP contribution in [0.4, 0.5) is 4.39 Å². The summed E-state index contributed by atoms with van der Waals surface area (Å²) in [6.45, 7) is 7.79. The van der Waals surface area contributed by atoms with Crippen molar-refractivity contribution in [2.75, 3.05) is 0 Å². The predicted molar refractivity (Wildman–Crippen MR) is 109 cm³/mol. The number of allylic oxidation sites excluding steroid dienone is 2. The van der Waals surface area contributed by atoms with Crippen LogP contribution in [-0.2, 0) is 10.0 Å². The van der Waals surface area contributed by atoms with Crippen LogP contribution >= 0.6 is 0 Å². The lowest BCUT2D eigenvalue weighted by Gasteiger charge is -2.26. The zero-order valence-electron chi connectivity index (χ0n) is 17.0. The monoisotopic (exact) mass is 393 g/mol. The summed E-state index contributed by atoms with van der Waals surface area (Å²) in [5, 5.41) is 0. The van der Waals surface area contributed by atoms with E-state index in [2.05, 4.69) is 6.92 Å². The summed E-state index contributed by atoms with van der Waals surface area (Å²) >= 11 is 0. The lowest BCUT2D eigenvalue weighted by atomic mass is 9.90. The molecule has 5 heteroatoms. The van der Waals surface area contributed by atoms with Gasteiger partial charge in [-0.2, -0.15) is 4.39 Å². The van der Waals surface area contributed by atoms with Crippen LogP contribution in [0.5, 0.6) is 0 Å². The van der Waals surface area contributed by atoms with Gasteiger partial charge in [-0.15, -0.1) is 0 Å². The van der Waals surface area contributed by atoms with Gasteiger partial charge in [0.25, 0.3) is 10.0 Å². The Bertz CT molecular complexity index is 792. The Morgan fingerprint density at radius 1 is 1.04 bits per heavy atom. The van der Waals surface area contributed by atoms with E-state index in [0.717, 1.165) is 29.1 Å². The van der Waals surface area contributed by atoms with Gasteiger partial charge in [0.15, 0.2) is 0 Å². The van der Waals surface area contributed by atoms with E-state index >= 15 is 0 Å². The van der Waals surface area contributed by atoms with Gasteiger partial charge in [0.2, 0.25) is 5.95 Å². The molecule has 1 heterocycles. The molecule has 27 heavy (non-hydrogen) atoms. The highest BCUT2D eigenvalue weighted by Crippen LogP contribution is 2.44. The van der Waals surface area contributed by atoms with E-state index in [1.165, 1.54) is 43.9 Å². The standard InChI is InChI=1S/C22H32FNO2S/c1-5-6-7-8-9-10-11-12-20-22(3,4)17-21(23)24(20)27(25,26)19-15-13-18(2)14-16-19/h12-17H,5-11H2,1-4H3/b20-12+. The molecule has 0 aliphatic carbocycles. The van der Waals surface area contributed by atoms with Crippen molar-refractivity contribution in [3.63, 3.8) is 0 Å². The van der Waals surface area contributed by atoms with Crippen LogP contribution in [0.25, 0.3) is 0 Å². The van der Waals surface area contributed by atoms with E-state index in [-0.39, 0.29) is 4.90 Å². The molecular formula is C22H32FNO2S. The molecule has 1 aromatic carbocycles. The second-order valence-corrected chi connectivity index (χ2v) is 9.70. The molecule has 2 rings (SSSR count). The summed E-state index contributed by atoms with van der Waals surface area (Å²) in [6.07, 6.45) is 11.1. The van der Waals surface area contributed by atoms with E-state index in [9.17, 15) is 12.8 Å². The highest BCUT2D eigenvalue weighted by molar-refractivity contribution is 7.89. The largest absolute Gasteiger partial charge is 0.270 e. The zero-order valence-corrected chi connectivity index (χ0v) is 17.8. The van der Waals surface area contributed by atoms with Crippen LogP contribution in [0.3, 0.4) is 0 Å². The number of sulfonamides is 1. The Morgan fingerprint density at radius 2 is 1.63 bits per heavy atom. The number of halogens is 1. The Hall–Kier alpha value is -1.62. The van der Waals surface area contributed by atoms with Gasteiger partial charge >= 0.3 is 0 Å². The molecule has 1 aliphatic heterocycles. The fraction of sp³-hybridized carbons (Fsp3) is 0.545. The van der Waals surface area contributed by atoms with Gasteiger partial charge in [-0.25, -0.2) is 12.7 Å². The summed E-state index contributed by atoms with van der Waals surface area (Å²) < 4.78 is 41.7. The highest BCUT2D eigenvalue weighted by Gasteiger charge is 2.42. The van der Waals surface area contributed by atoms with Crippen molar-refractivity contribution in [1.29, 1.82) is 0 Å². The first-order valence-corrected chi connectivity index (χ1v) is 11.3. The highest BCUT2D eigenvalue weighted by atomic mass is 32.2. The maximum atomic E-state index is 14.7. The molecule has 0 spiro atoms. The van der Waals surface area contributed by atoms with Crippen molar-refractivity contribution in [1.82, 2.24) is 4.31 Å². The van der Waals surface area contributed by atoms with Gasteiger partial charge in [-0.05, 0) is 38.0 Å². The van der Waals surface area contributed by atoms with E-state index in [1.54, 1.807) is 12.1 Å². The van der Waals surface area contributed by atoms with E-state index in [4.69, 9.17) is 0 Å². The van der Waals surface area contributed by atoms with Gasteiger partial charge in [-0.3, -0.25) is 0 Å². The Balaban J connectivity index is 2.18. The van der Waals surface area contributed by atoms with E-state index < -0.39 is 21.4 Å². The number of nitrogens with zero attached hydrogens (tertiary/aromatic N) is 1. The third-order valence-electron chi connectivity index (χ3n) is 5.01. The topological polar surface area (TPSA) is 37.4 Å². The molecule has 1 aromatic rings. The van der Waals surface area contributed by atoms with Crippen molar-refractivity contribution >= 4 is 10.0 Å². The second-order valence-electron chi connectivity index (χ2n) is 7.92. The minimum absolute atomic E-state index is 0.111. The molecule has 0 amide bonds. The maximum absolute atomic E-state index is 14.7. The molecule has 0 unspecified atom stereocenters. The SMILES string of the molecule is CCCCCCCC/C=C1/N(S(=O)(=O)c2ccc(C)cc2)C(F)=CC1(C)C. The first-order chi connectivity index (χ1) is 12.7. The fourth-order valence-corrected chi connectivity index (χ4v) is 4.92. The van der Waals surface area contributed by atoms with Crippen molar-refractivity contribution in [2.24, 2.45) is 5.41 Å². The molecule has 0 saturated heterocycles. The van der Waals surface area contributed by atoms with Crippen LogP contribution in [0.15, 0.2) is 53.0 Å². The average Bonchev–Trinajstić information content (AvgIpc) is 2.83. The lowest BCUT2D eigenvalue weighted by molar-refractivity contribution is 0.424. The molecule has 0 fully saturated rings. The minimum atomic E-state index is -3.96. The van der Waals surface area contributed by atoms with Gasteiger partial charge in [0, 0.05) is 11.1 Å². The number of rotatable bonds is 9. The summed E-state index contributed by atoms with van der Waals surface area (Å²) in [5.74, 6) is -0.713. The quantitative estimate of drug-likeness (QED) is 0.356. The average molecular weight is 394 g/mol. The van der Waals surface area contributed by atoms with Gasteiger partial charge in [0.05, 0.1) is 4.90 Å². The van der Waals surface area contributed by atoms with Crippen molar-refractivity contribution in [2.45, 2.75) is 77.5 Å². The first-order valence-electron chi connectivity index (χ1n) is 9.91. The predicted octanol–water partition coefficient (Wildman–Crippen LogP) is 6.47. The Labute approximate surface area is 164 Å². The summed E-state index contributed by atoms with van der Waals surface area (Å²) in [6, 6.07) is 6.54. The van der Waals surface area contributed by atoms with Crippen LogP contribution < -0.4 is 0 Å². The molecule has 0 bridgehead atoms. The second kappa shape index (κ2) is 9.05. The van der Waals surface area contributed by atoms with Gasteiger partial charge in [0.1, 0.15) is 0 Å². The minimum Gasteiger partial charge on any atom is -0.213 e. The van der Waals surface area contributed by atoms with Crippen LogP contribution in [0.1, 0.15) is 71.3 Å². The van der Waals surface area contributed by atoms with Crippen LogP contribution in [-0.4, -0.2) is 12.7 Å². The summed E-state index contributed by atoms with van der Waals surface area (Å²) in [5.41, 5.74) is 0.823. The van der Waals surface area contributed by atoms with Gasteiger partial charge in [-0.1, -0.05) is 76.6 Å². The number of aryl methyl sites for hydroxylation is 1. The first kappa shape index (κ1) is 21.7. The normalized spacial score (nSPS) is 18.2. The van der Waals surface area contributed by atoms with Gasteiger partial charge < -0.3 is 0 Å². The Morgan fingerprint density at radius 3 is 2.26 bits per heavy atom. The molecule has 0 atom stereocenters. The Kier molecular flexibility index (Phi) is 7.26. The van der Waals surface area contributed by atoms with E-state index in [1.807, 2.05) is 26.8 Å². The smallest absolute Gasteiger partial charge is 0.213 e. The summed E-state index contributed by atoms with van der Waals surface area (Å²) in [4.78, 5) is 0.111. The fourth-order valence-electron chi connectivity index (χ4n) is 3.38. The molecule has 0 saturated carbocycles. The molecular weight excluding hydrogens is 361 g/mol. The maximum Gasteiger partial charge on any atom is 0.270 e. The van der Waals surface area contributed by atoms with E-state index in [0.29, 0.717) is 5.70 Å². The van der Waals surface area contributed by atoms with Crippen molar-refractivity contribution in [3.8, 4) is 0 Å². The third kappa shape index (κ3) is 5.22. The van der Waals surface area contributed by atoms with Crippen molar-refractivity contribution in [3.05, 3.63) is 53.6 Å². The molecule has 3 nitrogen and oxygen atoms in total. The van der Waals surface area contributed by atoms with Crippen LogP contribution in [0, 0.1) is 12.3 Å². The molecule has 0 radical (unpaired) electrons. The number of hydrogen-bond donors (Lipinski definition) is 0. The zero-order chi connectivity index (χ0) is 20.1.